The van der Waals surface area contributed by atoms with Crippen LogP contribution in [-0.4, -0.2) is 63.9 Å². The number of hydrogen-bond acceptors (Lipinski definition) is 8. The molecule has 12 heteroatoms. The van der Waals surface area contributed by atoms with Crippen LogP contribution in [0.5, 0.6) is 5.75 Å². The van der Waals surface area contributed by atoms with Gasteiger partial charge in [0.2, 0.25) is 0 Å². The van der Waals surface area contributed by atoms with E-state index >= 15 is 0 Å². The molecule has 46 heavy (non-hydrogen) atoms. The number of aromatic nitrogens is 4. The molecular formula is C34H48FN5O4SSi. The van der Waals surface area contributed by atoms with E-state index in [1.165, 1.54) is 6.92 Å². The fourth-order valence-electron chi connectivity index (χ4n) is 4.38. The molecule has 0 fully saturated rings. The zero-order chi connectivity index (χ0) is 33.9. The number of fused-ring (bicyclic) bond motifs is 1. The van der Waals surface area contributed by atoms with Crippen molar-refractivity contribution >= 4 is 30.6 Å². The topological polar surface area (TPSA) is 106 Å². The molecule has 4 aromatic rings. The second-order valence-electron chi connectivity index (χ2n) is 13.9. The Balaban J connectivity index is 1.76. The van der Waals surface area contributed by atoms with Crippen molar-refractivity contribution in [1.29, 1.82) is 0 Å². The number of hydrogen-bond donors (Lipinski definition) is 1. The van der Waals surface area contributed by atoms with E-state index in [0.29, 0.717) is 42.8 Å². The van der Waals surface area contributed by atoms with Crippen molar-refractivity contribution in [2.45, 2.75) is 90.2 Å². The number of halogens is 1. The lowest BCUT2D eigenvalue weighted by Crippen LogP contribution is -2.43. The third kappa shape index (κ3) is 8.53. The first-order valence-electron chi connectivity index (χ1n) is 15.5. The van der Waals surface area contributed by atoms with E-state index in [9.17, 15) is 8.94 Å². The summed E-state index contributed by atoms with van der Waals surface area (Å²) in [5.41, 5.74) is 3.41. The van der Waals surface area contributed by atoms with Gasteiger partial charge in [-0.05, 0) is 82.2 Å². The number of alkyl halides is 1. The van der Waals surface area contributed by atoms with Crippen molar-refractivity contribution in [2.75, 3.05) is 20.3 Å². The Kier molecular flexibility index (Phi) is 11.3. The second-order valence-corrected chi connectivity index (χ2v) is 20.7. The van der Waals surface area contributed by atoms with Gasteiger partial charge < -0.3 is 18.5 Å². The Bertz CT molecular complexity index is 1620. The summed E-state index contributed by atoms with van der Waals surface area (Å²) in [7, 11) is -0.339. The zero-order valence-corrected chi connectivity index (χ0v) is 30.5. The Morgan fingerprint density at radius 1 is 1.02 bits per heavy atom. The van der Waals surface area contributed by atoms with Crippen LogP contribution in [0, 0.1) is 0 Å². The summed E-state index contributed by atoms with van der Waals surface area (Å²) in [5.74, 6) is 1.26. The molecule has 4 rings (SSSR count). The SMILES string of the molecule is COCCOc1cc(-c2cccc([C@H](N[S+]([O-])C(C)(C)C)C(C)F)n2)cc2c1cnn2-c1cccc(CO[Si](C)(C)C(C)(C)C)n1. The van der Waals surface area contributed by atoms with Crippen LogP contribution in [0.15, 0.2) is 54.7 Å². The average molecular weight is 670 g/mol. The number of nitrogens with one attached hydrogen (secondary N) is 1. The molecule has 0 saturated carbocycles. The fourth-order valence-corrected chi connectivity index (χ4v) is 6.22. The Morgan fingerprint density at radius 2 is 1.74 bits per heavy atom. The van der Waals surface area contributed by atoms with Crippen molar-refractivity contribution in [3.05, 3.63) is 66.1 Å². The number of benzene rings is 1. The Morgan fingerprint density at radius 3 is 2.39 bits per heavy atom. The molecule has 0 aliphatic rings. The van der Waals surface area contributed by atoms with E-state index in [2.05, 4.69) is 38.6 Å². The van der Waals surface area contributed by atoms with Gasteiger partial charge in [0.15, 0.2) is 14.1 Å². The molecule has 0 radical (unpaired) electrons. The summed E-state index contributed by atoms with van der Waals surface area (Å²) in [6, 6.07) is 14.3. The summed E-state index contributed by atoms with van der Waals surface area (Å²) in [5, 5.41) is 5.59. The molecule has 1 N–H and O–H groups in total. The lowest BCUT2D eigenvalue weighted by atomic mass is 10.1. The van der Waals surface area contributed by atoms with Gasteiger partial charge in [0.25, 0.3) is 0 Å². The third-order valence-electron chi connectivity index (χ3n) is 8.23. The van der Waals surface area contributed by atoms with E-state index in [-0.39, 0.29) is 5.04 Å². The largest absolute Gasteiger partial charge is 0.598 e. The number of pyridine rings is 2. The maximum absolute atomic E-state index is 14.9. The molecule has 9 nitrogen and oxygen atoms in total. The van der Waals surface area contributed by atoms with Gasteiger partial charge >= 0.3 is 0 Å². The number of ether oxygens (including phenoxy) is 2. The van der Waals surface area contributed by atoms with Crippen LogP contribution in [0.1, 0.15) is 65.9 Å². The van der Waals surface area contributed by atoms with Crippen LogP contribution in [-0.2, 0) is 27.1 Å². The monoisotopic (exact) mass is 669 g/mol. The first-order chi connectivity index (χ1) is 21.5. The minimum atomic E-state index is -1.96. The maximum atomic E-state index is 14.9. The van der Waals surface area contributed by atoms with Crippen molar-refractivity contribution in [2.24, 2.45) is 0 Å². The van der Waals surface area contributed by atoms with Gasteiger partial charge in [-0.3, -0.25) is 4.98 Å². The number of rotatable bonds is 13. The summed E-state index contributed by atoms with van der Waals surface area (Å²) < 4.78 is 49.8. The van der Waals surface area contributed by atoms with Gasteiger partial charge in [0, 0.05) is 24.0 Å². The number of nitrogens with zero attached hydrogens (tertiary/aromatic N) is 4. The molecule has 3 atom stereocenters. The van der Waals surface area contributed by atoms with Crippen molar-refractivity contribution in [3.8, 4) is 22.8 Å². The quantitative estimate of drug-likeness (QED) is 0.0888. The second kappa shape index (κ2) is 14.5. The van der Waals surface area contributed by atoms with Crippen LogP contribution in [0.25, 0.3) is 28.0 Å². The molecule has 3 aromatic heterocycles. The van der Waals surface area contributed by atoms with Gasteiger partial charge in [0.1, 0.15) is 29.3 Å². The molecule has 0 spiro atoms. The highest BCUT2D eigenvalue weighted by atomic mass is 32.2. The molecule has 0 aliphatic heterocycles. The number of methoxy groups -OCH3 is 1. The predicted octanol–water partition coefficient (Wildman–Crippen LogP) is 7.48. The molecule has 2 unspecified atom stereocenters. The fraction of sp³-hybridized carbons (Fsp3) is 0.500. The normalized spacial score (nSPS) is 14.8. The van der Waals surface area contributed by atoms with Gasteiger partial charge in [-0.2, -0.15) is 5.10 Å². The molecule has 1 aromatic carbocycles. The lowest BCUT2D eigenvalue weighted by Gasteiger charge is -2.36. The highest BCUT2D eigenvalue weighted by Crippen LogP contribution is 2.37. The van der Waals surface area contributed by atoms with E-state index in [4.69, 9.17) is 29.0 Å². The predicted molar refractivity (Wildman–Crippen MR) is 186 cm³/mol. The van der Waals surface area contributed by atoms with Crippen LogP contribution in [0.3, 0.4) is 0 Å². The first-order valence-corrected chi connectivity index (χ1v) is 19.6. The van der Waals surface area contributed by atoms with Gasteiger partial charge in [-0.15, -0.1) is 4.72 Å². The summed E-state index contributed by atoms with van der Waals surface area (Å²) >= 11 is -1.49. The van der Waals surface area contributed by atoms with Crippen LogP contribution in [0.4, 0.5) is 4.39 Å². The molecule has 0 bridgehead atoms. The average Bonchev–Trinajstić information content (AvgIpc) is 3.42. The highest BCUT2D eigenvalue weighted by molar-refractivity contribution is 7.90. The van der Waals surface area contributed by atoms with E-state index < -0.39 is 36.6 Å². The maximum Gasteiger partial charge on any atom is 0.192 e. The Hall–Kier alpha value is -2.87. The van der Waals surface area contributed by atoms with E-state index in [1.54, 1.807) is 24.1 Å². The minimum Gasteiger partial charge on any atom is -0.598 e. The van der Waals surface area contributed by atoms with Crippen molar-refractivity contribution < 1.29 is 22.8 Å². The molecule has 3 heterocycles. The molecule has 0 amide bonds. The van der Waals surface area contributed by atoms with Gasteiger partial charge in [-0.25, -0.2) is 14.1 Å². The van der Waals surface area contributed by atoms with Crippen molar-refractivity contribution in [1.82, 2.24) is 24.5 Å². The molecule has 250 valence electrons. The van der Waals surface area contributed by atoms with E-state index in [1.807, 2.05) is 63.2 Å². The minimum absolute atomic E-state index is 0.0890. The summed E-state index contributed by atoms with van der Waals surface area (Å²) in [6.45, 7) is 19.2. The first kappa shape index (κ1) is 36.0. The van der Waals surface area contributed by atoms with Crippen LogP contribution in [0.2, 0.25) is 18.1 Å². The molecule has 0 saturated heterocycles. The highest BCUT2D eigenvalue weighted by Gasteiger charge is 2.37. The van der Waals surface area contributed by atoms with Crippen LogP contribution >= 0.6 is 0 Å². The Labute approximate surface area is 276 Å². The smallest absolute Gasteiger partial charge is 0.192 e. The van der Waals surface area contributed by atoms with Gasteiger partial charge in [-0.1, -0.05) is 32.9 Å². The van der Waals surface area contributed by atoms with E-state index in [0.717, 1.165) is 22.2 Å². The lowest BCUT2D eigenvalue weighted by molar-refractivity contribution is 0.147. The third-order valence-corrected chi connectivity index (χ3v) is 14.3. The standard InChI is InChI=1S/C34H48FN5O4SSi/c1-23(35)32(39-45(41)33(2,3)4)28-15-12-14-27(38-28)24-19-29-26(30(20-24)43-18-17-42-8)21-36-40(29)31-16-11-13-25(37-31)22-44-46(9,10)34(5,6)7/h11-16,19-21,23,32,39H,17-18,22H2,1-10H3/t23?,32-,45?/m1/s1. The van der Waals surface area contributed by atoms with Crippen LogP contribution < -0.4 is 9.46 Å². The molecular weight excluding hydrogens is 622 g/mol. The summed E-state index contributed by atoms with van der Waals surface area (Å²) in [6.07, 6.45) is 0.433. The van der Waals surface area contributed by atoms with Crippen molar-refractivity contribution in [3.63, 3.8) is 0 Å². The zero-order valence-electron chi connectivity index (χ0n) is 28.7. The van der Waals surface area contributed by atoms with Gasteiger partial charge in [0.05, 0.1) is 47.4 Å². The summed E-state index contributed by atoms with van der Waals surface area (Å²) in [4.78, 5) is 9.74. The molecule has 0 aliphatic carbocycles.